The van der Waals surface area contributed by atoms with Gasteiger partial charge < -0.3 is 14.6 Å². The van der Waals surface area contributed by atoms with Gasteiger partial charge in [0, 0.05) is 23.3 Å². The molecule has 32 heavy (non-hydrogen) atoms. The molecule has 0 amide bonds. The highest BCUT2D eigenvalue weighted by Gasteiger charge is 2.22. The number of fused-ring (bicyclic) bond motifs is 1. The lowest BCUT2D eigenvalue weighted by molar-refractivity contribution is 0.183. The molecule has 3 aromatic rings. The van der Waals surface area contributed by atoms with E-state index in [1.54, 1.807) is 23.9 Å². The van der Waals surface area contributed by atoms with Crippen molar-refractivity contribution in [1.29, 1.82) is 0 Å². The fourth-order valence-electron chi connectivity index (χ4n) is 3.86. The Hall–Kier alpha value is -2.63. The molecule has 1 saturated heterocycles. The summed E-state index contributed by atoms with van der Waals surface area (Å²) in [5, 5.41) is 9.65. The number of nitrogens with zero attached hydrogens (tertiary/aromatic N) is 1. The molecule has 0 radical (unpaired) electrons. The lowest BCUT2D eigenvalue weighted by Crippen LogP contribution is -2.33. The van der Waals surface area contributed by atoms with Gasteiger partial charge in [-0.25, -0.2) is 0 Å². The molecule has 0 unspecified atom stereocenters. The molecule has 2 aliphatic rings. The van der Waals surface area contributed by atoms with Crippen LogP contribution in [0, 0.1) is 0 Å². The fourth-order valence-corrected chi connectivity index (χ4v) is 4.87. The third kappa shape index (κ3) is 6.68. The van der Waals surface area contributed by atoms with E-state index in [0.717, 1.165) is 40.9 Å². The molecule has 2 heterocycles. The van der Waals surface area contributed by atoms with Crippen molar-refractivity contribution in [2.24, 2.45) is 0 Å². The molecule has 3 aromatic carbocycles. The highest BCUT2D eigenvalue weighted by Crippen LogP contribution is 2.42. The normalized spacial score (nSPS) is 17.9. The van der Waals surface area contributed by atoms with Crippen molar-refractivity contribution >= 4 is 11.8 Å². The first-order valence-corrected chi connectivity index (χ1v) is 12.3. The van der Waals surface area contributed by atoms with Gasteiger partial charge >= 0.3 is 0 Å². The van der Waals surface area contributed by atoms with Gasteiger partial charge in [-0.05, 0) is 55.8 Å². The van der Waals surface area contributed by atoms with Crippen molar-refractivity contribution in [3.05, 3.63) is 84.4 Å². The van der Waals surface area contributed by atoms with Crippen LogP contribution in [0.3, 0.4) is 0 Å². The highest BCUT2D eigenvalue weighted by molar-refractivity contribution is 7.99. The van der Waals surface area contributed by atoms with Gasteiger partial charge in [0.2, 0.25) is 0 Å². The SMILES string of the molecule is Oc1ccc2c(c1)O[C@@H](c1ccc(OCCN3CCCCC3)cc1)CS2.c1ccccc1. The summed E-state index contributed by atoms with van der Waals surface area (Å²) >= 11 is 1.76. The Morgan fingerprint density at radius 2 is 1.59 bits per heavy atom. The van der Waals surface area contributed by atoms with E-state index in [1.165, 1.54) is 32.4 Å². The fraction of sp³-hybridized carbons (Fsp3) is 0.333. The second kappa shape index (κ2) is 11.8. The molecule has 0 aliphatic carbocycles. The predicted molar refractivity (Wildman–Crippen MR) is 131 cm³/mol. The van der Waals surface area contributed by atoms with Crippen molar-refractivity contribution in [3.8, 4) is 17.2 Å². The number of hydrogen-bond donors (Lipinski definition) is 1. The number of piperidine rings is 1. The van der Waals surface area contributed by atoms with E-state index in [2.05, 4.69) is 17.0 Å². The van der Waals surface area contributed by atoms with E-state index in [-0.39, 0.29) is 11.9 Å². The molecule has 168 valence electrons. The molecule has 5 heteroatoms. The highest BCUT2D eigenvalue weighted by atomic mass is 32.2. The van der Waals surface area contributed by atoms with Gasteiger partial charge in [0.05, 0.1) is 0 Å². The minimum absolute atomic E-state index is 0.00306. The zero-order chi connectivity index (χ0) is 22.0. The van der Waals surface area contributed by atoms with Crippen molar-refractivity contribution in [1.82, 2.24) is 4.90 Å². The molecule has 0 saturated carbocycles. The van der Waals surface area contributed by atoms with E-state index >= 15 is 0 Å². The second-order valence-corrected chi connectivity index (χ2v) is 9.08. The summed E-state index contributed by atoms with van der Waals surface area (Å²) in [7, 11) is 0. The summed E-state index contributed by atoms with van der Waals surface area (Å²) in [6.07, 6.45) is 3.99. The molecule has 1 N–H and O–H groups in total. The van der Waals surface area contributed by atoms with Crippen LogP contribution in [0.5, 0.6) is 17.2 Å². The van der Waals surface area contributed by atoms with Crippen LogP contribution in [0.15, 0.2) is 83.8 Å². The quantitative estimate of drug-likeness (QED) is 0.505. The maximum Gasteiger partial charge on any atom is 0.137 e. The van der Waals surface area contributed by atoms with Gasteiger partial charge in [0.1, 0.15) is 30.0 Å². The molecular formula is C27H31NO3S. The van der Waals surface area contributed by atoms with Crippen LogP contribution < -0.4 is 9.47 Å². The van der Waals surface area contributed by atoms with Crippen LogP contribution in [0.25, 0.3) is 0 Å². The van der Waals surface area contributed by atoms with Gasteiger partial charge in [0.25, 0.3) is 0 Å². The minimum atomic E-state index is -0.00306. The summed E-state index contributed by atoms with van der Waals surface area (Å²) in [4.78, 5) is 3.56. The maximum atomic E-state index is 9.65. The summed E-state index contributed by atoms with van der Waals surface area (Å²) < 4.78 is 12.0. The van der Waals surface area contributed by atoms with E-state index in [1.807, 2.05) is 54.6 Å². The summed E-state index contributed by atoms with van der Waals surface area (Å²) in [5.74, 6) is 2.77. The molecular weight excluding hydrogens is 418 g/mol. The van der Waals surface area contributed by atoms with E-state index in [4.69, 9.17) is 9.47 Å². The van der Waals surface area contributed by atoms with Crippen LogP contribution in [-0.2, 0) is 0 Å². The zero-order valence-corrected chi connectivity index (χ0v) is 19.2. The molecule has 0 aromatic heterocycles. The molecule has 5 rings (SSSR count). The van der Waals surface area contributed by atoms with E-state index < -0.39 is 0 Å². The van der Waals surface area contributed by atoms with E-state index in [0.29, 0.717) is 0 Å². The van der Waals surface area contributed by atoms with Gasteiger partial charge in [-0.2, -0.15) is 0 Å². The average Bonchev–Trinajstić information content (AvgIpc) is 2.86. The van der Waals surface area contributed by atoms with Crippen LogP contribution in [0.4, 0.5) is 0 Å². The summed E-state index contributed by atoms with van der Waals surface area (Å²) in [6.45, 7) is 4.15. The summed E-state index contributed by atoms with van der Waals surface area (Å²) in [6, 6.07) is 25.5. The molecule has 1 atom stereocenters. The Morgan fingerprint density at radius 3 is 2.28 bits per heavy atom. The molecule has 0 bridgehead atoms. The average molecular weight is 450 g/mol. The van der Waals surface area contributed by atoms with Gasteiger partial charge in [-0.1, -0.05) is 55.0 Å². The third-order valence-electron chi connectivity index (χ3n) is 5.63. The smallest absolute Gasteiger partial charge is 0.137 e. The maximum absolute atomic E-state index is 9.65. The number of phenols is 1. The van der Waals surface area contributed by atoms with Gasteiger partial charge in [-0.3, -0.25) is 4.90 Å². The third-order valence-corrected chi connectivity index (χ3v) is 6.75. The standard InChI is InChI=1S/C21H25NO3S.C6H6/c23-17-6-9-21-19(14-17)25-20(15-26-21)16-4-7-18(8-5-16)24-13-12-22-10-2-1-3-11-22;1-2-4-6-5-3-1/h4-9,14,20,23H,1-3,10-13,15H2;1-6H/t20-;/m1./s1. The second-order valence-electron chi connectivity index (χ2n) is 8.02. The predicted octanol–water partition coefficient (Wildman–Crippen LogP) is 6.17. The lowest BCUT2D eigenvalue weighted by atomic mass is 10.1. The van der Waals surface area contributed by atoms with Gasteiger partial charge in [0.15, 0.2) is 0 Å². The topological polar surface area (TPSA) is 41.9 Å². The number of rotatable bonds is 5. The number of ether oxygens (including phenoxy) is 2. The summed E-state index contributed by atoms with van der Waals surface area (Å²) in [5.41, 5.74) is 1.13. The first-order valence-electron chi connectivity index (χ1n) is 11.4. The number of likely N-dealkylation sites (tertiary alicyclic amines) is 1. The Kier molecular flexibility index (Phi) is 8.35. The van der Waals surface area contributed by atoms with Crippen molar-refractivity contribution in [3.63, 3.8) is 0 Å². The van der Waals surface area contributed by atoms with Crippen molar-refractivity contribution in [2.45, 2.75) is 30.3 Å². The van der Waals surface area contributed by atoms with Crippen LogP contribution in [0.2, 0.25) is 0 Å². The molecule has 0 spiro atoms. The Balaban J connectivity index is 0.000000354. The molecule has 4 nitrogen and oxygen atoms in total. The van der Waals surface area contributed by atoms with Crippen LogP contribution in [-0.4, -0.2) is 42.0 Å². The lowest BCUT2D eigenvalue weighted by Gasteiger charge is -2.26. The zero-order valence-electron chi connectivity index (χ0n) is 18.4. The Morgan fingerprint density at radius 1 is 0.906 bits per heavy atom. The number of benzene rings is 3. The minimum Gasteiger partial charge on any atom is -0.508 e. The first kappa shape index (κ1) is 22.6. The molecule has 1 fully saturated rings. The number of thioether (sulfide) groups is 1. The van der Waals surface area contributed by atoms with Crippen LogP contribution in [0.1, 0.15) is 30.9 Å². The van der Waals surface area contributed by atoms with Crippen LogP contribution >= 0.6 is 11.8 Å². The number of hydrogen-bond acceptors (Lipinski definition) is 5. The first-order chi connectivity index (χ1) is 15.8. The monoisotopic (exact) mass is 449 g/mol. The van der Waals surface area contributed by atoms with Crippen molar-refractivity contribution in [2.75, 3.05) is 32.0 Å². The van der Waals surface area contributed by atoms with Crippen molar-refractivity contribution < 1.29 is 14.6 Å². The Labute approximate surface area is 195 Å². The number of aromatic hydroxyl groups is 1. The van der Waals surface area contributed by atoms with E-state index in [9.17, 15) is 5.11 Å². The van der Waals surface area contributed by atoms with Gasteiger partial charge in [-0.15, -0.1) is 11.8 Å². The Bertz CT molecular complexity index is 916. The molecule has 2 aliphatic heterocycles. The largest absolute Gasteiger partial charge is 0.508 e. The number of phenolic OH excluding ortho intramolecular Hbond substituents is 1.